The number of furan rings is 1. The summed E-state index contributed by atoms with van der Waals surface area (Å²) in [5.41, 5.74) is 1.02. The molecular weight excluding hydrogens is 405 g/mol. The topological polar surface area (TPSA) is 51.3 Å². The van der Waals surface area contributed by atoms with E-state index < -0.39 is 11.7 Å². The predicted octanol–water partition coefficient (Wildman–Crippen LogP) is 5.16. The van der Waals surface area contributed by atoms with Crippen molar-refractivity contribution in [3.63, 3.8) is 0 Å². The molecule has 0 radical (unpaired) electrons. The molecule has 7 heteroatoms. The molecular formula is C23H19ClFN3O2. The van der Waals surface area contributed by atoms with Gasteiger partial charge < -0.3 is 13.9 Å². The molecule has 0 aliphatic heterocycles. The molecule has 30 heavy (non-hydrogen) atoms. The molecule has 0 aliphatic rings. The Morgan fingerprint density at radius 1 is 1.10 bits per heavy atom. The Bertz CT molecular complexity index is 1140. The Labute approximate surface area is 178 Å². The van der Waals surface area contributed by atoms with E-state index in [0.717, 1.165) is 5.56 Å². The molecule has 0 aliphatic carbocycles. The van der Waals surface area contributed by atoms with E-state index in [2.05, 4.69) is 4.98 Å². The number of carbonyl (C=O) groups excluding carboxylic acids is 1. The maximum Gasteiger partial charge on any atom is 0.257 e. The van der Waals surface area contributed by atoms with Crippen molar-refractivity contribution in [2.45, 2.75) is 19.6 Å². The lowest BCUT2D eigenvalue weighted by molar-refractivity contribution is 0.0706. The van der Waals surface area contributed by atoms with Crippen LogP contribution in [0.2, 0.25) is 5.02 Å². The van der Waals surface area contributed by atoms with Gasteiger partial charge in [0.1, 0.15) is 17.4 Å². The maximum absolute atomic E-state index is 14.3. The summed E-state index contributed by atoms with van der Waals surface area (Å²) < 4.78 is 21.6. The first-order chi connectivity index (χ1) is 14.6. The van der Waals surface area contributed by atoms with Gasteiger partial charge in [-0.1, -0.05) is 35.9 Å². The van der Waals surface area contributed by atoms with Crippen LogP contribution in [0.25, 0.3) is 0 Å². The number of carbonyl (C=O) groups is 1. The summed E-state index contributed by atoms with van der Waals surface area (Å²) in [5, 5.41) is 0.656. The van der Waals surface area contributed by atoms with Gasteiger partial charge in [-0.05, 0) is 42.0 Å². The third kappa shape index (κ3) is 4.60. The molecule has 4 rings (SSSR count). The minimum absolute atomic E-state index is 0.0111. The lowest BCUT2D eigenvalue weighted by Crippen LogP contribution is -2.32. The molecule has 0 bridgehead atoms. The number of benzene rings is 2. The molecule has 0 atom stereocenters. The molecule has 4 aromatic rings. The monoisotopic (exact) mass is 423 g/mol. The summed E-state index contributed by atoms with van der Waals surface area (Å²) in [5.74, 6) is 0.287. The average molecular weight is 424 g/mol. The van der Waals surface area contributed by atoms with Crippen molar-refractivity contribution >= 4 is 17.5 Å². The van der Waals surface area contributed by atoms with Gasteiger partial charge >= 0.3 is 0 Å². The normalized spacial score (nSPS) is 10.9. The fourth-order valence-electron chi connectivity index (χ4n) is 3.23. The molecule has 152 valence electrons. The van der Waals surface area contributed by atoms with Gasteiger partial charge in [-0.15, -0.1) is 0 Å². The number of imidazole rings is 1. The highest BCUT2D eigenvalue weighted by Gasteiger charge is 2.22. The van der Waals surface area contributed by atoms with E-state index in [0.29, 0.717) is 23.2 Å². The van der Waals surface area contributed by atoms with Crippen LogP contribution in [0.1, 0.15) is 27.5 Å². The molecule has 0 N–H and O–H groups in total. The summed E-state index contributed by atoms with van der Waals surface area (Å²) in [6.45, 7) is 0.948. The van der Waals surface area contributed by atoms with E-state index in [9.17, 15) is 9.18 Å². The van der Waals surface area contributed by atoms with Crippen LogP contribution in [0.15, 0.2) is 83.7 Å². The minimum atomic E-state index is -0.561. The first kappa shape index (κ1) is 19.9. The van der Waals surface area contributed by atoms with Gasteiger partial charge in [-0.25, -0.2) is 9.37 Å². The second-order valence-corrected chi connectivity index (χ2v) is 7.26. The van der Waals surface area contributed by atoms with Gasteiger partial charge in [-0.3, -0.25) is 4.79 Å². The van der Waals surface area contributed by atoms with E-state index in [1.165, 1.54) is 17.0 Å². The van der Waals surface area contributed by atoms with Crippen LogP contribution in [0.3, 0.4) is 0 Å². The Balaban J connectivity index is 1.60. The van der Waals surface area contributed by atoms with Crippen LogP contribution in [0, 0.1) is 5.82 Å². The molecule has 2 heterocycles. The van der Waals surface area contributed by atoms with Crippen LogP contribution < -0.4 is 0 Å². The lowest BCUT2D eigenvalue weighted by Gasteiger charge is -2.22. The van der Waals surface area contributed by atoms with Crippen molar-refractivity contribution in [1.82, 2.24) is 14.5 Å². The van der Waals surface area contributed by atoms with Crippen molar-refractivity contribution in [2.24, 2.45) is 0 Å². The van der Waals surface area contributed by atoms with E-state index in [1.54, 1.807) is 36.7 Å². The highest BCUT2D eigenvalue weighted by atomic mass is 35.5. The summed E-state index contributed by atoms with van der Waals surface area (Å²) in [6, 6.07) is 17.0. The predicted molar refractivity (Wildman–Crippen MR) is 111 cm³/mol. The van der Waals surface area contributed by atoms with Crippen LogP contribution in [0.4, 0.5) is 4.39 Å². The number of halogens is 2. The van der Waals surface area contributed by atoms with Crippen molar-refractivity contribution < 1.29 is 13.6 Å². The van der Waals surface area contributed by atoms with Gasteiger partial charge in [0.05, 0.1) is 24.9 Å². The highest BCUT2D eigenvalue weighted by molar-refractivity contribution is 6.30. The fourth-order valence-corrected chi connectivity index (χ4v) is 3.45. The SMILES string of the molecule is O=C(c1ccccc1F)N(Cc1ccco1)Cc1nccn1Cc1cccc(Cl)c1. The smallest absolute Gasteiger partial charge is 0.257 e. The quantitative estimate of drug-likeness (QED) is 0.412. The van der Waals surface area contributed by atoms with Crippen LogP contribution in [-0.4, -0.2) is 20.4 Å². The third-order valence-electron chi connectivity index (χ3n) is 4.69. The van der Waals surface area contributed by atoms with Gasteiger partial charge in [0.2, 0.25) is 0 Å². The second kappa shape index (κ2) is 8.97. The molecule has 0 unspecified atom stereocenters. The largest absolute Gasteiger partial charge is 0.467 e. The van der Waals surface area contributed by atoms with Gasteiger partial charge in [0.15, 0.2) is 0 Å². The minimum Gasteiger partial charge on any atom is -0.467 e. The third-order valence-corrected chi connectivity index (χ3v) is 4.93. The van der Waals surface area contributed by atoms with E-state index in [4.69, 9.17) is 16.0 Å². The average Bonchev–Trinajstić information content (AvgIpc) is 3.40. The lowest BCUT2D eigenvalue weighted by atomic mass is 10.1. The number of rotatable bonds is 7. The first-order valence-electron chi connectivity index (χ1n) is 9.41. The summed E-state index contributed by atoms with van der Waals surface area (Å²) in [7, 11) is 0. The van der Waals surface area contributed by atoms with Gasteiger partial charge in [-0.2, -0.15) is 0 Å². The number of hydrogen-bond acceptors (Lipinski definition) is 3. The zero-order chi connectivity index (χ0) is 20.9. The number of aromatic nitrogens is 2. The van der Waals surface area contributed by atoms with E-state index in [-0.39, 0.29) is 18.7 Å². The van der Waals surface area contributed by atoms with Crippen molar-refractivity contribution in [1.29, 1.82) is 0 Å². The Kier molecular flexibility index (Phi) is 5.95. The summed E-state index contributed by atoms with van der Waals surface area (Å²) in [6.07, 6.45) is 5.06. The first-order valence-corrected chi connectivity index (χ1v) is 9.78. The van der Waals surface area contributed by atoms with Crippen LogP contribution >= 0.6 is 11.6 Å². The van der Waals surface area contributed by atoms with Gasteiger partial charge in [0.25, 0.3) is 5.91 Å². The Morgan fingerprint density at radius 3 is 2.73 bits per heavy atom. The summed E-state index contributed by atoms with van der Waals surface area (Å²) in [4.78, 5) is 19.1. The van der Waals surface area contributed by atoms with Crippen molar-refractivity contribution in [3.8, 4) is 0 Å². The number of hydrogen-bond donors (Lipinski definition) is 0. The van der Waals surface area contributed by atoms with Gasteiger partial charge in [0, 0.05) is 24.0 Å². The number of amides is 1. The zero-order valence-electron chi connectivity index (χ0n) is 16.0. The molecule has 0 saturated carbocycles. The van der Waals surface area contributed by atoms with Crippen molar-refractivity contribution in [2.75, 3.05) is 0 Å². The second-order valence-electron chi connectivity index (χ2n) is 6.82. The molecule has 0 fully saturated rings. The van der Waals surface area contributed by atoms with Crippen molar-refractivity contribution in [3.05, 3.63) is 113 Å². The number of nitrogens with zero attached hydrogens (tertiary/aromatic N) is 3. The molecule has 0 saturated heterocycles. The molecule has 0 spiro atoms. The summed E-state index contributed by atoms with van der Waals surface area (Å²) >= 11 is 6.09. The molecule has 1 amide bonds. The highest BCUT2D eigenvalue weighted by Crippen LogP contribution is 2.18. The van der Waals surface area contributed by atoms with E-state index in [1.807, 2.05) is 35.0 Å². The molecule has 2 aromatic heterocycles. The molecule has 5 nitrogen and oxygen atoms in total. The van der Waals surface area contributed by atoms with Crippen LogP contribution in [0.5, 0.6) is 0 Å². The Morgan fingerprint density at radius 2 is 1.97 bits per heavy atom. The maximum atomic E-state index is 14.3. The Hall–Kier alpha value is -3.38. The van der Waals surface area contributed by atoms with Crippen LogP contribution in [-0.2, 0) is 19.6 Å². The fraction of sp³-hybridized carbons (Fsp3) is 0.130. The molecule has 2 aromatic carbocycles. The van der Waals surface area contributed by atoms with E-state index >= 15 is 0 Å². The zero-order valence-corrected chi connectivity index (χ0v) is 16.8. The standard InChI is InChI=1S/C23H19ClFN3O2/c24-18-6-3-5-17(13-18)14-27-11-10-26-22(27)16-28(15-19-7-4-12-30-19)23(29)20-8-1-2-9-21(20)25/h1-13H,14-16H2.